The van der Waals surface area contributed by atoms with Crippen molar-refractivity contribution in [2.75, 3.05) is 19.1 Å². The molecule has 0 spiro atoms. The first-order chi connectivity index (χ1) is 7.74. The number of rotatable bonds is 3. The molecule has 0 radical (unpaired) electrons. The summed E-state index contributed by atoms with van der Waals surface area (Å²) in [4.78, 5) is 3.33. The van der Waals surface area contributed by atoms with Crippen molar-refractivity contribution >= 4 is 9.73 Å². The number of hydrogen-bond donors (Lipinski definition) is 0. The van der Waals surface area contributed by atoms with E-state index in [0.717, 1.165) is 12.3 Å². The summed E-state index contributed by atoms with van der Waals surface area (Å²) in [5.74, 6) is 0.316. The zero-order valence-corrected chi connectivity index (χ0v) is 10.3. The van der Waals surface area contributed by atoms with Crippen molar-refractivity contribution in [1.29, 1.82) is 0 Å². The van der Waals surface area contributed by atoms with Crippen molar-refractivity contribution in [3.8, 4) is 0 Å². The van der Waals surface area contributed by atoms with Gasteiger partial charge in [0.2, 0.25) is 0 Å². The Morgan fingerprint density at radius 1 is 1.41 bits per heavy atom. The highest BCUT2D eigenvalue weighted by Gasteiger charge is 2.31. The standard InChI is InChI=1S/C10H13F3N2OS/c1-14-17(2,16)6-5-8-3-4-9(15-7-8)10(11,12)13/h3-4,7H,5-6H2,1-2H3. The molecule has 0 aliphatic rings. The van der Waals surface area contributed by atoms with Gasteiger partial charge in [-0.2, -0.15) is 13.2 Å². The molecule has 0 N–H and O–H groups in total. The minimum atomic E-state index is -4.42. The molecule has 0 saturated heterocycles. The van der Waals surface area contributed by atoms with Gasteiger partial charge in [0.05, 0.1) is 0 Å². The van der Waals surface area contributed by atoms with E-state index in [1.165, 1.54) is 19.4 Å². The largest absolute Gasteiger partial charge is 0.433 e. The molecule has 1 aromatic rings. The number of alkyl halides is 3. The van der Waals surface area contributed by atoms with Crippen LogP contribution in [0.4, 0.5) is 13.2 Å². The van der Waals surface area contributed by atoms with Gasteiger partial charge in [-0.05, 0) is 18.1 Å². The molecule has 1 atom stereocenters. The van der Waals surface area contributed by atoms with E-state index in [2.05, 4.69) is 9.35 Å². The highest BCUT2D eigenvalue weighted by Crippen LogP contribution is 2.27. The topological polar surface area (TPSA) is 42.3 Å². The van der Waals surface area contributed by atoms with Crippen molar-refractivity contribution in [3.63, 3.8) is 0 Å². The van der Waals surface area contributed by atoms with E-state index in [1.807, 2.05) is 0 Å². The summed E-state index contributed by atoms with van der Waals surface area (Å²) < 4.78 is 52.0. The monoisotopic (exact) mass is 266 g/mol. The first-order valence-electron chi connectivity index (χ1n) is 4.85. The molecule has 1 unspecified atom stereocenters. The fourth-order valence-corrected chi connectivity index (χ4v) is 1.94. The second-order valence-electron chi connectivity index (χ2n) is 3.65. The maximum atomic E-state index is 12.2. The summed E-state index contributed by atoms with van der Waals surface area (Å²) in [6, 6.07) is 2.27. The Morgan fingerprint density at radius 2 is 2.06 bits per heavy atom. The van der Waals surface area contributed by atoms with Crippen LogP contribution in [0.1, 0.15) is 11.3 Å². The van der Waals surface area contributed by atoms with Crippen LogP contribution in [0.5, 0.6) is 0 Å². The average Bonchev–Trinajstić information content (AvgIpc) is 2.26. The summed E-state index contributed by atoms with van der Waals surface area (Å²) in [5, 5.41) is 0. The molecular weight excluding hydrogens is 253 g/mol. The molecule has 1 aromatic heterocycles. The average molecular weight is 266 g/mol. The molecular formula is C10H13F3N2OS. The van der Waals surface area contributed by atoms with Gasteiger partial charge in [-0.1, -0.05) is 6.07 Å². The quantitative estimate of drug-likeness (QED) is 0.843. The van der Waals surface area contributed by atoms with Gasteiger partial charge < -0.3 is 0 Å². The number of halogens is 3. The normalized spacial score (nSPS) is 15.4. The molecule has 17 heavy (non-hydrogen) atoms. The Balaban J connectivity index is 2.74. The smallest absolute Gasteiger partial charge is 0.252 e. The Kier molecular flexibility index (Phi) is 4.13. The summed E-state index contributed by atoms with van der Waals surface area (Å²) in [5.41, 5.74) is -0.296. The molecule has 0 saturated carbocycles. The molecule has 0 aliphatic carbocycles. The van der Waals surface area contributed by atoms with Crippen molar-refractivity contribution in [3.05, 3.63) is 29.6 Å². The molecule has 1 heterocycles. The predicted molar refractivity (Wildman–Crippen MR) is 60.2 cm³/mol. The van der Waals surface area contributed by atoms with Gasteiger partial charge in [0.1, 0.15) is 5.69 Å². The van der Waals surface area contributed by atoms with E-state index in [-0.39, 0.29) is 0 Å². The Labute approximate surface area is 98.3 Å². The van der Waals surface area contributed by atoms with Gasteiger partial charge in [0, 0.05) is 35.0 Å². The van der Waals surface area contributed by atoms with Gasteiger partial charge in [0.15, 0.2) is 0 Å². The van der Waals surface area contributed by atoms with Gasteiger partial charge in [-0.3, -0.25) is 9.19 Å². The van der Waals surface area contributed by atoms with Gasteiger partial charge in [0.25, 0.3) is 0 Å². The molecule has 0 aromatic carbocycles. The Bertz CT molecular complexity index is 487. The van der Waals surface area contributed by atoms with Crippen LogP contribution < -0.4 is 0 Å². The number of aryl methyl sites for hydroxylation is 1. The maximum Gasteiger partial charge on any atom is 0.433 e. The number of nitrogens with zero attached hydrogens (tertiary/aromatic N) is 2. The van der Waals surface area contributed by atoms with Crippen LogP contribution in [-0.2, 0) is 22.3 Å². The third-order valence-electron chi connectivity index (χ3n) is 2.27. The van der Waals surface area contributed by atoms with E-state index in [4.69, 9.17) is 0 Å². The number of aromatic nitrogens is 1. The summed E-state index contributed by atoms with van der Waals surface area (Å²) in [6.45, 7) is 0. The highest BCUT2D eigenvalue weighted by atomic mass is 32.2. The molecule has 96 valence electrons. The summed E-state index contributed by atoms with van der Waals surface area (Å²) in [6.07, 6.45) is -1.34. The Hall–Kier alpha value is -1.11. The molecule has 1 rings (SSSR count). The molecule has 3 nitrogen and oxygen atoms in total. The lowest BCUT2D eigenvalue weighted by Crippen LogP contribution is -2.09. The van der Waals surface area contributed by atoms with E-state index < -0.39 is 21.6 Å². The molecule has 0 fully saturated rings. The third kappa shape index (κ3) is 4.33. The van der Waals surface area contributed by atoms with Crippen LogP contribution in [-0.4, -0.2) is 28.2 Å². The molecule has 7 heteroatoms. The minimum absolute atomic E-state index is 0.316. The van der Waals surface area contributed by atoms with Gasteiger partial charge >= 0.3 is 6.18 Å². The maximum absolute atomic E-state index is 12.2. The summed E-state index contributed by atoms with van der Waals surface area (Å²) in [7, 11) is -0.766. The van der Waals surface area contributed by atoms with E-state index in [9.17, 15) is 17.4 Å². The highest BCUT2D eigenvalue weighted by molar-refractivity contribution is 7.92. The zero-order valence-electron chi connectivity index (χ0n) is 9.49. The van der Waals surface area contributed by atoms with Crippen LogP contribution in [0.25, 0.3) is 0 Å². The minimum Gasteiger partial charge on any atom is -0.252 e. The number of pyridine rings is 1. The van der Waals surface area contributed by atoms with Crippen LogP contribution in [0.2, 0.25) is 0 Å². The van der Waals surface area contributed by atoms with Crippen LogP contribution >= 0.6 is 0 Å². The van der Waals surface area contributed by atoms with Crippen molar-refractivity contribution < 1.29 is 17.4 Å². The first-order valence-corrected chi connectivity index (χ1v) is 6.94. The lowest BCUT2D eigenvalue weighted by molar-refractivity contribution is -0.141. The van der Waals surface area contributed by atoms with Crippen molar-refractivity contribution in [2.24, 2.45) is 4.36 Å². The molecule has 0 aliphatic heterocycles. The molecule has 0 amide bonds. The summed E-state index contributed by atoms with van der Waals surface area (Å²) >= 11 is 0. The molecule has 0 bridgehead atoms. The van der Waals surface area contributed by atoms with Crippen LogP contribution in [0.3, 0.4) is 0 Å². The fourth-order valence-electron chi connectivity index (χ4n) is 1.14. The Morgan fingerprint density at radius 3 is 2.47 bits per heavy atom. The lowest BCUT2D eigenvalue weighted by Gasteiger charge is -2.07. The van der Waals surface area contributed by atoms with Gasteiger partial charge in [-0.15, -0.1) is 0 Å². The third-order valence-corrected chi connectivity index (χ3v) is 4.00. The first kappa shape index (κ1) is 14.0. The SMILES string of the molecule is CN=S(C)(=O)CCc1ccc(C(F)(F)F)nc1. The van der Waals surface area contributed by atoms with Crippen molar-refractivity contribution in [2.45, 2.75) is 12.6 Å². The van der Waals surface area contributed by atoms with E-state index in [1.54, 1.807) is 0 Å². The second-order valence-corrected chi connectivity index (χ2v) is 6.34. The van der Waals surface area contributed by atoms with Crippen molar-refractivity contribution in [1.82, 2.24) is 4.98 Å². The van der Waals surface area contributed by atoms with Crippen LogP contribution in [0, 0.1) is 0 Å². The zero-order chi connectivity index (χ0) is 13.1. The van der Waals surface area contributed by atoms with Gasteiger partial charge in [-0.25, -0.2) is 4.36 Å². The number of hydrogen-bond acceptors (Lipinski definition) is 3. The lowest BCUT2D eigenvalue weighted by atomic mass is 10.2. The van der Waals surface area contributed by atoms with Crippen LogP contribution in [0.15, 0.2) is 22.7 Å². The second kappa shape index (κ2) is 5.03. The predicted octanol–water partition coefficient (Wildman–Crippen LogP) is 2.37. The van der Waals surface area contributed by atoms with E-state index >= 15 is 0 Å². The fraction of sp³-hybridized carbons (Fsp3) is 0.500. The van der Waals surface area contributed by atoms with E-state index in [0.29, 0.717) is 17.7 Å².